The highest BCUT2D eigenvalue weighted by atomic mass is 32.1. The molecule has 0 radical (unpaired) electrons. The van der Waals surface area contributed by atoms with Crippen LogP contribution in [0.2, 0.25) is 0 Å². The minimum absolute atomic E-state index is 0.309. The Morgan fingerprint density at radius 3 is 2.73 bits per heavy atom. The Hall–Kier alpha value is -1.16. The molecule has 0 aliphatic heterocycles. The molecule has 1 aromatic heterocycles. The van der Waals surface area contributed by atoms with Crippen LogP contribution in [0, 0.1) is 0 Å². The van der Waals surface area contributed by atoms with Crippen LogP contribution in [0.5, 0.6) is 0 Å². The monoisotopic (exact) mass is 170 g/mol. The van der Waals surface area contributed by atoms with Gasteiger partial charge in [0.25, 0.3) is 0 Å². The van der Waals surface area contributed by atoms with Gasteiger partial charge in [-0.25, -0.2) is 0 Å². The smallest absolute Gasteiger partial charge is 0.216 e. The fourth-order valence-electron chi connectivity index (χ4n) is 0.538. The third-order valence-electron chi connectivity index (χ3n) is 1.02. The average molecular weight is 170 g/mol. The lowest BCUT2D eigenvalue weighted by molar-refractivity contribution is 0.0476. The molecule has 0 spiro atoms. The van der Waals surface area contributed by atoms with E-state index in [4.69, 9.17) is 0 Å². The maximum Gasteiger partial charge on any atom is 0.216 e. The molecular formula is C7H6O3S. The van der Waals surface area contributed by atoms with Crippen molar-refractivity contribution >= 4 is 17.7 Å². The fraction of sp³-hybridized carbons (Fsp3) is 0. The summed E-state index contributed by atoms with van der Waals surface area (Å²) >= 11 is 3.64. The zero-order valence-electron chi connectivity index (χ0n) is 5.56. The van der Waals surface area contributed by atoms with Crippen molar-refractivity contribution in [2.45, 2.75) is 0 Å². The third-order valence-corrected chi connectivity index (χ3v) is 1.27. The molecule has 1 rings (SSSR count). The number of thiol groups is 1. The lowest BCUT2D eigenvalue weighted by atomic mass is 10.3. The summed E-state index contributed by atoms with van der Waals surface area (Å²) in [5, 5.41) is -0.309. The molecule has 0 bridgehead atoms. The topological polar surface area (TPSA) is 43.4 Å². The van der Waals surface area contributed by atoms with Gasteiger partial charge in [-0.15, -0.1) is 12.6 Å². The first-order chi connectivity index (χ1) is 5.30. The van der Waals surface area contributed by atoms with Crippen molar-refractivity contribution in [3.63, 3.8) is 0 Å². The lowest BCUT2D eigenvalue weighted by Gasteiger charge is -1.86. The minimum Gasteiger partial charge on any atom is -0.299 e. The Morgan fingerprint density at radius 2 is 2.00 bits per heavy atom. The standard InChI is InChI=1S/C7H6O3S/c8-7(11)6-2-1-4-9-10-5-3-6/h1-5H,(H,8,11). The van der Waals surface area contributed by atoms with E-state index in [1.54, 1.807) is 12.1 Å². The molecule has 0 N–H and O–H groups in total. The van der Waals surface area contributed by atoms with Gasteiger partial charge in [0.05, 0.1) is 0 Å². The molecule has 4 heteroatoms. The summed E-state index contributed by atoms with van der Waals surface area (Å²) in [6.07, 6.45) is 2.59. The Bertz CT molecular complexity index is 266. The van der Waals surface area contributed by atoms with Crippen LogP contribution in [0.15, 0.2) is 39.9 Å². The second-order valence-electron chi connectivity index (χ2n) is 1.75. The van der Waals surface area contributed by atoms with Gasteiger partial charge in [0.1, 0.15) is 12.5 Å². The molecule has 0 atom stereocenters. The zero-order chi connectivity index (χ0) is 8.10. The number of hydrogen-bond acceptors (Lipinski definition) is 3. The van der Waals surface area contributed by atoms with Crippen LogP contribution in [0.25, 0.3) is 0 Å². The molecule has 3 nitrogen and oxygen atoms in total. The van der Waals surface area contributed by atoms with E-state index in [0.717, 1.165) is 0 Å². The average Bonchev–Trinajstić information content (AvgIpc) is 1.84. The van der Waals surface area contributed by atoms with Crippen molar-refractivity contribution in [2.75, 3.05) is 0 Å². The highest BCUT2D eigenvalue weighted by Crippen LogP contribution is 1.99. The van der Waals surface area contributed by atoms with Crippen LogP contribution < -0.4 is 0 Å². The Kier molecular flexibility index (Phi) is 2.80. The first-order valence-corrected chi connectivity index (χ1v) is 3.34. The van der Waals surface area contributed by atoms with Gasteiger partial charge in [-0.1, -0.05) is 0 Å². The first-order valence-electron chi connectivity index (χ1n) is 2.89. The molecule has 0 saturated carbocycles. The largest absolute Gasteiger partial charge is 0.299 e. The minimum atomic E-state index is -0.309. The van der Waals surface area contributed by atoms with E-state index in [1.165, 1.54) is 18.6 Å². The quantitative estimate of drug-likeness (QED) is 0.518. The van der Waals surface area contributed by atoms with E-state index in [1.807, 2.05) is 0 Å². The Labute approximate surface area is 68.7 Å². The molecule has 0 saturated heterocycles. The van der Waals surface area contributed by atoms with Crippen molar-refractivity contribution in [2.24, 2.45) is 0 Å². The van der Waals surface area contributed by atoms with E-state index in [-0.39, 0.29) is 5.12 Å². The molecule has 1 heterocycles. The maximum atomic E-state index is 10.7. The molecule has 0 aromatic carbocycles. The number of carbonyl (C=O) groups is 1. The summed E-state index contributed by atoms with van der Waals surface area (Å²) < 4.78 is 8.91. The van der Waals surface area contributed by atoms with Crippen LogP contribution in [-0.2, 0) is 0 Å². The van der Waals surface area contributed by atoms with Gasteiger partial charge in [-0.3, -0.25) is 13.9 Å². The van der Waals surface area contributed by atoms with E-state index in [0.29, 0.717) is 5.56 Å². The van der Waals surface area contributed by atoms with Crippen molar-refractivity contribution in [1.82, 2.24) is 0 Å². The summed E-state index contributed by atoms with van der Waals surface area (Å²) in [6.45, 7) is 0. The fourth-order valence-corrected chi connectivity index (χ4v) is 0.687. The molecule has 58 valence electrons. The van der Waals surface area contributed by atoms with Gasteiger partial charge >= 0.3 is 0 Å². The van der Waals surface area contributed by atoms with Gasteiger partial charge in [-0.2, -0.15) is 0 Å². The van der Waals surface area contributed by atoms with Crippen molar-refractivity contribution in [3.8, 4) is 0 Å². The van der Waals surface area contributed by atoms with Crippen molar-refractivity contribution in [1.29, 1.82) is 0 Å². The van der Waals surface area contributed by atoms with Crippen LogP contribution in [0.1, 0.15) is 10.4 Å². The molecule has 1 aromatic rings. The molecule has 11 heavy (non-hydrogen) atoms. The Balaban J connectivity index is 3.12. The van der Waals surface area contributed by atoms with E-state index >= 15 is 0 Å². The van der Waals surface area contributed by atoms with Crippen molar-refractivity contribution in [3.05, 3.63) is 36.3 Å². The Morgan fingerprint density at radius 1 is 1.27 bits per heavy atom. The number of rotatable bonds is 1. The van der Waals surface area contributed by atoms with Crippen LogP contribution >= 0.6 is 12.6 Å². The molecule has 0 fully saturated rings. The van der Waals surface area contributed by atoms with E-state index in [9.17, 15) is 4.79 Å². The molecule has 0 aliphatic rings. The zero-order valence-corrected chi connectivity index (χ0v) is 6.45. The first kappa shape index (κ1) is 7.94. The highest BCUT2D eigenvalue weighted by molar-refractivity contribution is 7.97. The highest BCUT2D eigenvalue weighted by Gasteiger charge is 1.94. The van der Waals surface area contributed by atoms with Crippen LogP contribution in [0.3, 0.4) is 0 Å². The molecule has 0 amide bonds. The normalized spacial score (nSPS) is 8.82. The van der Waals surface area contributed by atoms with E-state index < -0.39 is 0 Å². The van der Waals surface area contributed by atoms with Gasteiger partial charge in [0.2, 0.25) is 5.12 Å². The van der Waals surface area contributed by atoms with E-state index in [2.05, 4.69) is 21.8 Å². The molecule has 0 unspecified atom stereocenters. The molecular weight excluding hydrogens is 164 g/mol. The predicted molar refractivity (Wildman–Crippen MR) is 41.9 cm³/mol. The SMILES string of the molecule is O=C(S)c1cccoocc1. The third kappa shape index (κ3) is 2.51. The summed E-state index contributed by atoms with van der Waals surface area (Å²) in [6, 6.07) is 4.60. The molecule has 0 aliphatic carbocycles. The summed E-state index contributed by atoms with van der Waals surface area (Å²) in [5.74, 6) is 0. The summed E-state index contributed by atoms with van der Waals surface area (Å²) in [4.78, 5) is 10.7. The number of carbonyl (C=O) groups excluding carboxylic acids is 1. The summed E-state index contributed by atoms with van der Waals surface area (Å²) in [7, 11) is 0. The lowest BCUT2D eigenvalue weighted by Crippen LogP contribution is -1.84. The van der Waals surface area contributed by atoms with Crippen LogP contribution in [0.4, 0.5) is 0 Å². The van der Waals surface area contributed by atoms with Gasteiger partial charge < -0.3 is 0 Å². The predicted octanol–water partition coefficient (Wildman–Crippen LogP) is 2.07. The second kappa shape index (κ2) is 3.88. The second-order valence-corrected chi connectivity index (χ2v) is 2.16. The van der Waals surface area contributed by atoms with Crippen LogP contribution in [-0.4, -0.2) is 5.12 Å². The number of hydrogen-bond donors (Lipinski definition) is 1. The maximum absolute atomic E-state index is 10.7. The van der Waals surface area contributed by atoms with Crippen molar-refractivity contribution < 1.29 is 13.9 Å². The summed E-state index contributed by atoms with van der Waals surface area (Å²) in [5.41, 5.74) is 0.452. The van der Waals surface area contributed by atoms with Gasteiger partial charge in [-0.05, 0) is 18.2 Å². The van der Waals surface area contributed by atoms with Gasteiger partial charge in [0.15, 0.2) is 0 Å². The van der Waals surface area contributed by atoms with Gasteiger partial charge in [0, 0.05) is 5.56 Å².